The molecule has 0 unspecified atom stereocenters. The van der Waals surface area contributed by atoms with Crippen LogP contribution in [0.4, 0.5) is 0 Å². The Morgan fingerprint density at radius 1 is 1.10 bits per heavy atom. The monoisotopic (exact) mass is 423 g/mol. The van der Waals surface area contributed by atoms with E-state index in [0.29, 0.717) is 17.3 Å². The molecule has 0 saturated heterocycles. The molecule has 1 N–H and O–H groups in total. The van der Waals surface area contributed by atoms with Crippen LogP contribution in [0.1, 0.15) is 31.2 Å². The standard InChI is InChI=1S/C24H25NO6/c1-4-7-17-10-11-20(22(12-17)28-3)29-15-24(27)30-14-23(26)25-16(2)21-13-18-8-5-6-9-19(18)31-21/h4-13,16H,14-15H2,1-3H3,(H,25,26)/b7-4+/t16-/m0/s1. The van der Waals surface area contributed by atoms with Crippen LogP contribution in [0.2, 0.25) is 0 Å². The SMILES string of the molecule is C/C=C/c1ccc(OCC(=O)OCC(=O)N[C@@H](C)c2cc3ccccc3o2)c(OC)c1. The van der Waals surface area contributed by atoms with E-state index >= 15 is 0 Å². The summed E-state index contributed by atoms with van der Waals surface area (Å²) in [5, 5.41) is 3.70. The van der Waals surface area contributed by atoms with E-state index in [2.05, 4.69) is 5.32 Å². The van der Waals surface area contributed by atoms with Crippen LogP contribution in [0.15, 0.2) is 59.0 Å². The molecule has 2 aromatic carbocycles. The number of rotatable bonds is 9. The molecule has 7 nitrogen and oxygen atoms in total. The fourth-order valence-corrected chi connectivity index (χ4v) is 2.99. The summed E-state index contributed by atoms with van der Waals surface area (Å²) in [5.41, 5.74) is 1.70. The summed E-state index contributed by atoms with van der Waals surface area (Å²) in [4.78, 5) is 24.1. The van der Waals surface area contributed by atoms with Crippen molar-refractivity contribution >= 4 is 28.9 Å². The van der Waals surface area contributed by atoms with E-state index in [-0.39, 0.29) is 12.6 Å². The number of esters is 1. The zero-order valence-electron chi connectivity index (χ0n) is 17.7. The van der Waals surface area contributed by atoms with Crippen molar-refractivity contribution in [2.45, 2.75) is 19.9 Å². The van der Waals surface area contributed by atoms with Gasteiger partial charge in [-0.25, -0.2) is 4.79 Å². The van der Waals surface area contributed by atoms with Gasteiger partial charge in [0.1, 0.15) is 11.3 Å². The van der Waals surface area contributed by atoms with Crippen molar-refractivity contribution in [2.24, 2.45) is 0 Å². The third-order valence-corrected chi connectivity index (χ3v) is 4.51. The van der Waals surface area contributed by atoms with Gasteiger partial charge < -0.3 is 23.9 Å². The fourth-order valence-electron chi connectivity index (χ4n) is 2.99. The Kier molecular flexibility index (Phi) is 7.32. The summed E-state index contributed by atoms with van der Waals surface area (Å²) in [6, 6.07) is 14.4. The molecule has 1 atom stereocenters. The summed E-state index contributed by atoms with van der Waals surface area (Å²) < 4.78 is 21.5. The first-order chi connectivity index (χ1) is 15.0. The molecule has 0 aliphatic heterocycles. The van der Waals surface area contributed by atoms with Crippen LogP contribution in [-0.4, -0.2) is 32.2 Å². The number of benzene rings is 2. The molecule has 0 bridgehead atoms. The summed E-state index contributed by atoms with van der Waals surface area (Å²) in [6.07, 6.45) is 3.83. The molecular weight excluding hydrogens is 398 g/mol. The van der Waals surface area contributed by atoms with Gasteiger partial charge in [0, 0.05) is 5.39 Å². The summed E-state index contributed by atoms with van der Waals surface area (Å²) in [6.45, 7) is 2.96. The molecule has 0 spiro atoms. The Morgan fingerprint density at radius 3 is 2.65 bits per heavy atom. The first-order valence-corrected chi connectivity index (χ1v) is 9.87. The van der Waals surface area contributed by atoms with Crippen molar-refractivity contribution in [3.8, 4) is 11.5 Å². The van der Waals surface area contributed by atoms with Gasteiger partial charge in [-0.15, -0.1) is 0 Å². The van der Waals surface area contributed by atoms with Gasteiger partial charge in [0.2, 0.25) is 0 Å². The van der Waals surface area contributed by atoms with Gasteiger partial charge in [0.15, 0.2) is 24.7 Å². The normalized spacial score (nSPS) is 12.0. The van der Waals surface area contributed by atoms with E-state index in [4.69, 9.17) is 18.6 Å². The molecule has 7 heteroatoms. The zero-order chi connectivity index (χ0) is 22.2. The van der Waals surface area contributed by atoms with Crippen LogP contribution in [0.3, 0.4) is 0 Å². The van der Waals surface area contributed by atoms with E-state index in [1.807, 2.05) is 55.5 Å². The van der Waals surface area contributed by atoms with Crippen molar-refractivity contribution < 1.29 is 28.2 Å². The third kappa shape index (κ3) is 5.88. The number of ether oxygens (including phenoxy) is 3. The Bertz CT molecular complexity index is 1050. The second-order valence-electron chi connectivity index (χ2n) is 6.84. The van der Waals surface area contributed by atoms with Gasteiger partial charge in [-0.05, 0) is 43.7 Å². The Hall–Kier alpha value is -3.74. The Labute approximate surface area is 180 Å². The quantitative estimate of drug-likeness (QED) is 0.517. The minimum atomic E-state index is -0.661. The maximum Gasteiger partial charge on any atom is 0.344 e. The lowest BCUT2D eigenvalue weighted by Gasteiger charge is -2.13. The smallest absolute Gasteiger partial charge is 0.344 e. The maximum atomic E-state index is 12.1. The molecule has 0 aliphatic carbocycles. The van der Waals surface area contributed by atoms with E-state index in [1.54, 1.807) is 19.1 Å². The third-order valence-electron chi connectivity index (χ3n) is 4.51. The second kappa shape index (κ2) is 10.3. The Morgan fingerprint density at radius 2 is 1.90 bits per heavy atom. The van der Waals surface area contributed by atoms with Crippen LogP contribution in [0.5, 0.6) is 11.5 Å². The average molecular weight is 423 g/mol. The molecule has 0 aliphatic rings. The summed E-state index contributed by atoms with van der Waals surface area (Å²) in [7, 11) is 1.52. The highest BCUT2D eigenvalue weighted by Gasteiger charge is 2.16. The van der Waals surface area contributed by atoms with E-state index in [1.165, 1.54) is 7.11 Å². The number of carbonyl (C=O) groups excluding carboxylic acids is 2. The minimum Gasteiger partial charge on any atom is -0.493 e. The molecular formula is C24H25NO6. The molecule has 1 aromatic heterocycles. The van der Waals surface area contributed by atoms with Gasteiger partial charge in [0.25, 0.3) is 5.91 Å². The first-order valence-electron chi connectivity index (χ1n) is 9.87. The lowest BCUT2D eigenvalue weighted by atomic mass is 10.2. The zero-order valence-corrected chi connectivity index (χ0v) is 17.7. The molecule has 1 amide bonds. The number of hydrogen-bond donors (Lipinski definition) is 1. The molecule has 3 aromatic rings. The number of amides is 1. The molecule has 0 radical (unpaired) electrons. The first kappa shape index (κ1) is 22.0. The molecule has 162 valence electrons. The topological polar surface area (TPSA) is 87.0 Å². The van der Waals surface area contributed by atoms with Crippen molar-refractivity contribution in [2.75, 3.05) is 20.3 Å². The molecule has 0 saturated carbocycles. The molecule has 0 fully saturated rings. The highest BCUT2D eigenvalue weighted by Crippen LogP contribution is 2.28. The van der Waals surface area contributed by atoms with E-state index in [9.17, 15) is 9.59 Å². The number of fused-ring (bicyclic) bond motifs is 1. The van der Waals surface area contributed by atoms with Crippen LogP contribution in [-0.2, 0) is 14.3 Å². The van der Waals surface area contributed by atoms with Crippen molar-refractivity contribution in [1.29, 1.82) is 0 Å². The number of furan rings is 1. The van der Waals surface area contributed by atoms with Gasteiger partial charge in [-0.2, -0.15) is 0 Å². The second-order valence-corrected chi connectivity index (χ2v) is 6.84. The molecule has 31 heavy (non-hydrogen) atoms. The van der Waals surface area contributed by atoms with Crippen LogP contribution in [0.25, 0.3) is 17.0 Å². The van der Waals surface area contributed by atoms with Crippen molar-refractivity contribution in [3.05, 3.63) is 65.9 Å². The largest absolute Gasteiger partial charge is 0.493 e. The van der Waals surface area contributed by atoms with Gasteiger partial charge in [-0.3, -0.25) is 4.79 Å². The van der Waals surface area contributed by atoms with Crippen LogP contribution < -0.4 is 14.8 Å². The minimum absolute atomic E-state index is 0.342. The lowest BCUT2D eigenvalue weighted by molar-refractivity contribution is -0.150. The molecule has 3 rings (SSSR count). The predicted octanol–water partition coefficient (Wildman–Crippen LogP) is 4.27. The van der Waals surface area contributed by atoms with E-state index in [0.717, 1.165) is 16.5 Å². The van der Waals surface area contributed by atoms with Gasteiger partial charge >= 0.3 is 5.97 Å². The number of carbonyl (C=O) groups is 2. The van der Waals surface area contributed by atoms with Gasteiger partial charge in [0.05, 0.1) is 13.2 Å². The number of allylic oxidation sites excluding steroid dienone is 1. The lowest BCUT2D eigenvalue weighted by Crippen LogP contribution is -2.31. The highest BCUT2D eigenvalue weighted by atomic mass is 16.6. The van der Waals surface area contributed by atoms with Crippen molar-refractivity contribution in [1.82, 2.24) is 5.32 Å². The maximum absolute atomic E-state index is 12.1. The Balaban J connectivity index is 1.46. The van der Waals surface area contributed by atoms with Crippen molar-refractivity contribution in [3.63, 3.8) is 0 Å². The van der Waals surface area contributed by atoms with Crippen LogP contribution >= 0.6 is 0 Å². The number of nitrogens with one attached hydrogen (secondary N) is 1. The van der Waals surface area contributed by atoms with Gasteiger partial charge in [-0.1, -0.05) is 36.4 Å². The highest BCUT2D eigenvalue weighted by molar-refractivity contribution is 5.82. The number of hydrogen-bond acceptors (Lipinski definition) is 6. The number of methoxy groups -OCH3 is 1. The fraction of sp³-hybridized carbons (Fsp3) is 0.250. The number of para-hydroxylation sites is 1. The molecule has 1 heterocycles. The van der Waals surface area contributed by atoms with E-state index < -0.39 is 18.5 Å². The van der Waals surface area contributed by atoms with Crippen LogP contribution in [0, 0.1) is 0 Å². The predicted molar refractivity (Wildman–Crippen MR) is 117 cm³/mol. The average Bonchev–Trinajstić information content (AvgIpc) is 3.21. The summed E-state index contributed by atoms with van der Waals surface area (Å²) in [5.74, 6) is 0.440. The summed E-state index contributed by atoms with van der Waals surface area (Å²) >= 11 is 0.